The number of fused-ring (bicyclic) bond motifs is 2. The molecule has 2 aliphatic rings. The van der Waals surface area contributed by atoms with Gasteiger partial charge in [-0.15, -0.1) is 0 Å². The van der Waals surface area contributed by atoms with Gasteiger partial charge in [-0.1, -0.05) is 6.42 Å². The van der Waals surface area contributed by atoms with Crippen LogP contribution in [-0.4, -0.2) is 39.1 Å². The highest BCUT2D eigenvalue weighted by atomic mass is 32.2. The summed E-state index contributed by atoms with van der Waals surface area (Å²) in [6.07, 6.45) is 5.34. The minimum absolute atomic E-state index is 0.236. The fraction of sp³-hybridized carbons (Fsp3) is 1.00. The van der Waals surface area contributed by atoms with Crippen LogP contribution in [0.5, 0.6) is 0 Å². The second kappa shape index (κ2) is 4.52. The summed E-state index contributed by atoms with van der Waals surface area (Å²) >= 11 is 0. The maximum absolute atomic E-state index is 11.9. The highest BCUT2D eigenvalue weighted by Crippen LogP contribution is 2.40. The maximum atomic E-state index is 11.9. The van der Waals surface area contributed by atoms with Gasteiger partial charge in [-0.2, -0.15) is 0 Å². The summed E-state index contributed by atoms with van der Waals surface area (Å²) in [6, 6.07) is 0. The smallest absolute Gasteiger partial charge is 0.0692 e. The average molecular weight is 232 g/mol. The van der Waals surface area contributed by atoms with Crippen molar-refractivity contribution < 1.29 is 14.1 Å². The second-order valence-corrected chi connectivity index (χ2v) is 6.87. The minimum Gasteiger partial charge on any atom is -0.390 e. The van der Waals surface area contributed by atoms with Gasteiger partial charge in [-0.3, -0.25) is 4.21 Å². The van der Waals surface area contributed by atoms with Gasteiger partial charge in [0.25, 0.3) is 0 Å². The van der Waals surface area contributed by atoms with Crippen LogP contribution in [0.25, 0.3) is 0 Å². The summed E-state index contributed by atoms with van der Waals surface area (Å²) in [7, 11) is 0.969. The molecular weight excluding hydrogens is 212 g/mol. The molecule has 2 atom stereocenters. The van der Waals surface area contributed by atoms with Gasteiger partial charge < -0.3 is 9.84 Å². The average Bonchev–Trinajstić information content (AvgIpc) is 2.18. The molecule has 2 aliphatic heterocycles. The summed E-state index contributed by atoms with van der Waals surface area (Å²) in [5.74, 6) is 0. The minimum atomic E-state index is -0.689. The predicted molar refractivity (Wildman–Crippen MR) is 60.2 cm³/mol. The molecule has 0 aliphatic carbocycles. The van der Waals surface area contributed by atoms with Gasteiger partial charge in [0.15, 0.2) is 0 Å². The monoisotopic (exact) mass is 232 g/mol. The Hall–Kier alpha value is 0.0700. The van der Waals surface area contributed by atoms with Crippen molar-refractivity contribution in [1.82, 2.24) is 0 Å². The summed E-state index contributed by atoms with van der Waals surface area (Å²) in [5.41, 5.74) is -0.611. The zero-order valence-corrected chi connectivity index (χ0v) is 10.1. The first-order valence-electron chi connectivity index (χ1n) is 5.75. The second-order valence-electron chi connectivity index (χ2n) is 4.88. The number of methoxy groups -OCH3 is 1. The molecule has 0 radical (unpaired) electrons. The van der Waals surface area contributed by atoms with Crippen molar-refractivity contribution in [3.63, 3.8) is 0 Å². The Morgan fingerprint density at radius 2 is 2.00 bits per heavy atom. The first kappa shape index (κ1) is 11.6. The van der Waals surface area contributed by atoms with Gasteiger partial charge in [0.1, 0.15) is 0 Å². The van der Waals surface area contributed by atoms with Crippen molar-refractivity contribution in [1.29, 1.82) is 0 Å². The van der Waals surface area contributed by atoms with E-state index in [-0.39, 0.29) is 10.5 Å². The summed E-state index contributed by atoms with van der Waals surface area (Å²) in [6.45, 7) is 0.600. The van der Waals surface area contributed by atoms with Crippen LogP contribution in [0.1, 0.15) is 38.5 Å². The Balaban J connectivity index is 2.02. The molecular formula is C11H20O3S. The molecule has 0 aromatic heterocycles. The molecule has 3 nitrogen and oxygen atoms in total. The third kappa shape index (κ3) is 2.43. The van der Waals surface area contributed by atoms with E-state index in [1.807, 2.05) is 0 Å². The molecule has 2 bridgehead atoms. The van der Waals surface area contributed by atoms with Gasteiger partial charge >= 0.3 is 0 Å². The molecule has 0 aromatic carbocycles. The van der Waals surface area contributed by atoms with Crippen LogP contribution < -0.4 is 0 Å². The molecule has 2 rings (SSSR count). The molecule has 0 spiro atoms. The molecule has 2 saturated heterocycles. The molecule has 0 saturated carbocycles. The van der Waals surface area contributed by atoms with Crippen LogP contribution in [0.15, 0.2) is 0 Å². The topological polar surface area (TPSA) is 46.5 Å². The van der Waals surface area contributed by atoms with Crippen molar-refractivity contribution in [3.8, 4) is 0 Å². The summed E-state index contributed by atoms with van der Waals surface area (Å²) in [5, 5.41) is 10.9. The Kier molecular flexibility index (Phi) is 3.48. The molecule has 0 amide bonds. The lowest BCUT2D eigenvalue weighted by molar-refractivity contribution is -0.0154. The van der Waals surface area contributed by atoms with E-state index in [1.165, 1.54) is 6.42 Å². The third-order valence-electron chi connectivity index (χ3n) is 3.70. The van der Waals surface area contributed by atoms with E-state index >= 15 is 0 Å². The number of rotatable bonds is 3. The van der Waals surface area contributed by atoms with Gasteiger partial charge in [-0.25, -0.2) is 0 Å². The van der Waals surface area contributed by atoms with Crippen LogP contribution in [0.3, 0.4) is 0 Å². The van der Waals surface area contributed by atoms with Crippen molar-refractivity contribution >= 4 is 10.8 Å². The number of hydrogen-bond donors (Lipinski definition) is 1. The Bertz CT molecular complexity index is 238. The van der Waals surface area contributed by atoms with E-state index in [4.69, 9.17) is 4.74 Å². The Morgan fingerprint density at radius 1 is 1.40 bits per heavy atom. The van der Waals surface area contributed by atoms with Gasteiger partial charge in [0.2, 0.25) is 0 Å². The lowest BCUT2D eigenvalue weighted by Crippen LogP contribution is -2.49. The van der Waals surface area contributed by atoms with Gasteiger partial charge in [0.05, 0.1) is 5.60 Å². The third-order valence-corrected chi connectivity index (χ3v) is 5.81. The van der Waals surface area contributed by atoms with E-state index in [2.05, 4.69) is 0 Å². The number of ether oxygens (including phenoxy) is 1. The van der Waals surface area contributed by atoms with Crippen LogP contribution in [-0.2, 0) is 15.5 Å². The van der Waals surface area contributed by atoms with Crippen molar-refractivity contribution in [2.75, 3.05) is 13.7 Å². The van der Waals surface area contributed by atoms with Crippen LogP contribution in [0.2, 0.25) is 0 Å². The molecule has 15 heavy (non-hydrogen) atoms. The van der Waals surface area contributed by atoms with Crippen LogP contribution in [0.4, 0.5) is 0 Å². The lowest BCUT2D eigenvalue weighted by atomic mass is 9.83. The van der Waals surface area contributed by atoms with Crippen molar-refractivity contribution in [2.24, 2.45) is 0 Å². The molecule has 88 valence electrons. The van der Waals surface area contributed by atoms with Crippen molar-refractivity contribution in [2.45, 2.75) is 54.6 Å². The predicted octanol–water partition coefficient (Wildman–Crippen LogP) is 1.22. The van der Waals surface area contributed by atoms with Gasteiger partial charge in [-0.05, 0) is 32.1 Å². The van der Waals surface area contributed by atoms with Gasteiger partial charge in [0, 0.05) is 35.0 Å². The van der Waals surface area contributed by atoms with Crippen LogP contribution >= 0.6 is 0 Å². The molecule has 4 heteroatoms. The zero-order valence-electron chi connectivity index (χ0n) is 9.28. The lowest BCUT2D eigenvalue weighted by Gasteiger charge is -2.43. The molecule has 2 heterocycles. The van der Waals surface area contributed by atoms with E-state index in [0.29, 0.717) is 25.9 Å². The highest BCUT2D eigenvalue weighted by Gasteiger charge is 2.45. The van der Waals surface area contributed by atoms with E-state index < -0.39 is 16.4 Å². The fourth-order valence-corrected chi connectivity index (χ4v) is 5.16. The first-order chi connectivity index (χ1) is 7.14. The zero-order chi connectivity index (χ0) is 10.9. The normalized spacial score (nSPS) is 45.3. The molecule has 0 aromatic rings. The summed E-state index contributed by atoms with van der Waals surface area (Å²) < 4.78 is 17.0. The summed E-state index contributed by atoms with van der Waals surface area (Å²) in [4.78, 5) is 0. The largest absolute Gasteiger partial charge is 0.390 e. The Morgan fingerprint density at radius 3 is 2.53 bits per heavy atom. The number of hydrogen-bond acceptors (Lipinski definition) is 3. The number of aliphatic hydroxyl groups is 1. The highest BCUT2D eigenvalue weighted by molar-refractivity contribution is 7.86. The Labute approximate surface area is 93.7 Å². The maximum Gasteiger partial charge on any atom is 0.0692 e. The first-order valence-corrected chi connectivity index (χ1v) is 7.03. The van der Waals surface area contributed by atoms with Crippen LogP contribution in [0, 0.1) is 0 Å². The standard InChI is InChI=1S/C11H20O3S/c1-14-6-5-11(12)7-9-3-2-4-10(8-11)15(9)13/h9-10,12H,2-8H2,1H3. The van der Waals surface area contributed by atoms with E-state index in [1.54, 1.807) is 7.11 Å². The SMILES string of the molecule is COCCC1(O)CC2CCCC(C1)S2=O. The van der Waals surface area contributed by atoms with Crippen molar-refractivity contribution in [3.05, 3.63) is 0 Å². The fourth-order valence-electron chi connectivity index (χ4n) is 2.87. The van der Waals surface area contributed by atoms with E-state index in [9.17, 15) is 9.32 Å². The molecule has 2 fully saturated rings. The molecule has 1 N–H and O–H groups in total. The molecule has 2 unspecified atom stereocenters. The quantitative estimate of drug-likeness (QED) is 0.796. The van der Waals surface area contributed by atoms with E-state index in [0.717, 1.165) is 12.8 Å².